The summed E-state index contributed by atoms with van der Waals surface area (Å²) in [5.74, 6) is 0.949. The summed E-state index contributed by atoms with van der Waals surface area (Å²) in [7, 11) is 0. The Bertz CT molecular complexity index is 496. The number of nitrogens with one attached hydrogen (secondary N) is 1. The molecule has 1 fully saturated rings. The zero-order chi connectivity index (χ0) is 11.0. The number of nitrogens with zero attached hydrogens (tertiary/aromatic N) is 3. The third-order valence-corrected chi connectivity index (χ3v) is 3.45. The Labute approximate surface area is 94.7 Å². The summed E-state index contributed by atoms with van der Waals surface area (Å²) >= 11 is 0. The van der Waals surface area contributed by atoms with Crippen molar-refractivity contribution >= 4 is 11.3 Å². The van der Waals surface area contributed by atoms with Gasteiger partial charge in [0.05, 0.1) is 6.20 Å². The van der Waals surface area contributed by atoms with Gasteiger partial charge in [0.25, 0.3) is 0 Å². The first kappa shape index (κ1) is 9.63. The zero-order valence-electron chi connectivity index (χ0n) is 9.48. The van der Waals surface area contributed by atoms with Crippen LogP contribution in [0.4, 0.5) is 5.82 Å². The van der Waals surface area contributed by atoms with Crippen molar-refractivity contribution in [2.24, 2.45) is 0 Å². The van der Waals surface area contributed by atoms with E-state index < -0.39 is 0 Å². The number of hydrogen-bond donors (Lipinski definition) is 1. The van der Waals surface area contributed by atoms with Crippen LogP contribution in [0.1, 0.15) is 32.6 Å². The third kappa shape index (κ3) is 1.54. The molecule has 2 heterocycles. The molecular formula is C12H16N4. The molecule has 0 radical (unpaired) electrons. The molecule has 0 amide bonds. The van der Waals surface area contributed by atoms with Crippen LogP contribution in [0.3, 0.4) is 0 Å². The Morgan fingerprint density at radius 1 is 1.31 bits per heavy atom. The first-order valence-corrected chi connectivity index (χ1v) is 5.83. The van der Waals surface area contributed by atoms with E-state index in [1.165, 1.54) is 25.7 Å². The van der Waals surface area contributed by atoms with Crippen LogP contribution in [0.5, 0.6) is 0 Å². The molecule has 0 atom stereocenters. The van der Waals surface area contributed by atoms with E-state index in [1.54, 1.807) is 12.4 Å². The molecule has 4 nitrogen and oxygen atoms in total. The van der Waals surface area contributed by atoms with Crippen molar-refractivity contribution in [3.8, 4) is 0 Å². The molecule has 0 saturated heterocycles. The second kappa shape index (κ2) is 3.47. The van der Waals surface area contributed by atoms with Crippen LogP contribution in [0, 0.1) is 0 Å². The molecule has 2 aromatic heterocycles. The van der Waals surface area contributed by atoms with Crippen molar-refractivity contribution in [3.05, 3.63) is 24.7 Å². The summed E-state index contributed by atoms with van der Waals surface area (Å²) < 4.78 is 1.85. The monoisotopic (exact) mass is 216 g/mol. The summed E-state index contributed by atoms with van der Waals surface area (Å²) in [5, 5.41) is 7.79. The Kier molecular flexibility index (Phi) is 2.09. The highest BCUT2D eigenvalue weighted by molar-refractivity contribution is 5.67. The summed E-state index contributed by atoms with van der Waals surface area (Å²) in [5.41, 5.74) is 1.26. The van der Waals surface area contributed by atoms with Gasteiger partial charge in [-0.2, -0.15) is 5.10 Å². The number of aromatic nitrogens is 3. The summed E-state index contributed by atoms with van der Waals surface area (Å²) in [6, 6.07) is 1.99. The lowest BCUT2D eigenvalue weighted by atomic mass is 10.0. The molecule has 0 aliphatic heterocycles. The summed E-state index contributed by atoms with van der Waals surface area (Å²) in [6.45, 7) is 2.28. The van der Waals surface area contributed by atoms with Crippen LogP contribution in [-0.4, -0.2) is 20.1 Å². The molecule has 2 aromatic rings. The first-order valence-electron chi connectivity index (χ1n) is 5.83. The van der Waals surface area contributed by atoms with Crippen LogP contribution in [0.15, 0.2) is 24.7 Å². The molecule has 3 rings (SSSR count). The predicted octanol–water partition coefficient (Wildman–Crippen LogP) is 2.47. The number of fused-ring (bicyclic) bond motifs is 1. The van der Waals surface area contributed by atoms with Crippen LogP contribution >= 0.6 is 0 Å². The van der Waals surface area contributed by atoms with E-state index in [4.69, 9.17) is 0 Å². The fourth-order valence-electron chi connectivity index (χ4n) is 2.52. The average Bonchev–Trinajstić information content (AvgIpc) is 2.87. The van der Waals surface area contributed by atoms with Crippen molar-refractivity contribution in [1.82, 2.24) is 14.6 Å². The maximum absolute atomic E-state index is 4.42. The minimum atomic E-state index is 0.207. The van der Waals surface area contributed by atoms with Gasteiger partial charge in [0, 0.05) is 17.9 Å². The number of anilines is 1. The van der Waals surface area contributed by atoms with Crippen LogP contribution in [-0.2, 0) is 0 Å². The Balaban J connectivity index is 1.96. The Hall–Kier alpha value is -1.58. The maximum atomic E-state index is 4.42. The minimum absolute atomic E-state index is 0.207. The van der Waals surface area contributed by atoms with Crippen molar-refractivity contribution in [1.29, 1.82) is 0 Å². The SMILES string of the molecule is CC1(Nc2nccn3nccc23)CCCC1. The quantitative estimate of drug-likeness (QED) is 0.838. The fraction of sp³-hybridized carbons (Fsp3) is 0.500. The number of hydrogen-bond acceptors (Lipinski definition) is 3. The molecule has 84 valence electrons. The second-order valence-electron chi connectivity index (χ2n) is 4.83. The van der Waals surface area contributed by atoms with E-state index in [1.807, 2.05) is 16.8 Å². The molecular weight excluding hydrogens is 200 g/mol. The van der Waals surface area contributed by atoms with Crippen LogP contribution in [0.25, 0.3) is 5.52 Å². The van der Waals surface area contributed by atoms with Gasteiger partial charge in [0.1, 0.15) is 5.52 Å². The molecule has 0 unspecified atom stereocenters. The molecule has 1 aliphatic rings. The van der Waals surface area contributed by atoms with E-state index in [-0.39, 0.29) is 5.54 Å². The van der Waals surface area contributed by atoms with E-state index in [0.29, 0.717) is 0 Å². The average molecular weight is 216 g/mol. The molecule has 1 N–H and O–H groups in total. The third-order valence-electron chi connectivity index (χ3n) is 3.45. The largest absolute Gasteiger partial charge is 0.363 e. The van der Waals surface area contributed by atoms with Crippen molar-refractivity contribution in [2.45, 2.75) is 38.1 Å². The van der Waals surface area contributed by atoms with Gasteiger partial charge in [-0.05, 0) is 25.8 Å². The standard InChI is InChI=1S/C12H16N4/c1-12(5-2-3-6-12)15-11-10-4-7-14-16(10)9-8-13-11/h4,7-9H,2-3,5-6H2,1H3,(H,13,15). The zero-order valence-corrected chi connectivity index (χ0v) is 9.48. The molecule has 1 aliphatic carbocycles. The van der Waals surface area contributed by atoms with Gasteiger partial charge < -0.3 is 5.32 Å². The Morgan fingerprint density at radius 3 is 2.94 bits per heavy atom. The van der Waals surface area contributed by atoms with E-state index in [2.05, 4.69) is 22.3 Å². The smallest absolute Gasteiger partial charge is 0.152 e. The van der Waals surface area contributed by atoms with E-state index >= 15 is 0 Å². The summed E-state index contributed by atoms with van der Waals surface area (Å²) in [4.78, 5) is 4.42. The van der Waals surface area contributed by atoms with Gasteiger partial charge in [-0.25, -0.2) is 9.50 Å². The fourth-order valence-corrected chi connectivity index (χ4v) is 2.52. The first-order chi connectivity index (χ1) is 7.77. The normalized spacial score (nSPS) is 19.1. The van der Waals surface area contributed by atoms with Gasteiger partial charge >= 0.3 is 0 Å². The Morgan fingerprint density at radius 2 is 2.12 bits per heavy atom. The number of rotatable bonds is 2. The molecule has 4 heteroatoms. The van der Waals surface area contributed by atoms with Gasteiger partial charge in [0.2, 0.25) is 0 Å². The van der Waals surface area contributed by atoms with Crippen molar-refractivity contribution in [2.75, 3.05) is 5.32 Å². The predicted molar refractivity (Wildman–Crippen MR) is 63.5 cm³/mol. The van der Waals surface area contributed by atoms with Crippen molar-refractivity contribution < 1.29 is 0 Å². The molecule has 0 aromatic carbocycles. The maximum Gasteiger partial charge on any atom is 0.152 e. The highest BCUT2D eigenvalue weighted by Gasteiger charge is 2.29. The molecule has 1 saturated carbocycles. The van der Waals surface area contributed by atoms with E-state index in [0.717, 1.165) is 11.3 Å². The molecule has 16 heavy (non-hydrogen) atoms. The van der Waals surface area contributed by atoms with Crippen LogP contribution < -0.4 is 5.32 Å². The minimum Gasteiger partial charge on any atom is -0.363 e. The van der Waals surface area contributed by atoms with Gasteiger partial charge in [-0.3, -0.25) is 0 Å². The highest BCUT2D eigenvalue weighted by atomic mass is 15.2. The van der Waals surface area contributed by atoms with Crippen molar-refractivity contribution in [3.63, 3.8) is 0 Å². The second-order valence-corrected chi connectivity index (χ2v) is 4.83. The van der Waals surface area contributed by atoms with E-state index in [9.17, 15) is 0 Å². The molecule has 0 bridgehead atoms. The lowest BCUT2D eigenvalue weighted by Gasteiger charge is -2.26. The lowest BCUT2D eigenvalue weighted by Crippen LogP contribution is -2.31. The van der Waals surface area contributed by atoms with Gasteiger partial charge in [0.15, 0.2) is 5.82 Å². The lowest BCUT2D eigenvalue weighted by molar-refractivity contribution is 0.531. The van der Waals surface area contributed by atoms with Gasteiger partial charge in [-0.15, -0.1) is 0 Å². The molecule has 0 spiro atoms. The van der Waals surface area contributed by atoms with Crippen LogP contribution in [0.2, 0.25) is 0 Å². The highest BCUT2D eigenvalue weighted by Crippen LogP contribution is 2.32. The topological polar surface area (TPSA) is 42.2 Å². The summed E-state index contributed by atoms with van der Waals surface area (Å²) in [6.07, 6.45) is 10.5. The van der Waals surface area contributed by atoms with Gasteiger partial charge in [-0.1, -0.05) is 12.8 Å².